The lowest BCUT2D eigenvalue weighted by Crippen LogP contribution is -2.27. The Hall–Kier alpha value is -2.13. The van der Waals surface area contributed by atoms with Crippen LogP contribution in [-0.2, 0) is 11.2 Å². The minimum Gasteiger partial charge on any atom is -0.388 e. The lowest BCUT2D eigenvalue weighted by atomic mass is 10.1. The monoisotopic (exact) mass is 283 g/mol. The van der Waals surface area contributed by atoms with Gasteiger partial charge in [0.05, 0.1) is 12.5 Å². The molecule has 0 aliphatic heterocycles. The van der Waals surface area contributed by atoms with Gasteiger partial charge in [-0.15, -0.1) is 0 Å². The number of carbonyl (C=O) groups excluding carboxylic acids is 1. The van der Waals surface area contributed by atoms with Gasteiger partial charge in [-0.3, -0.25) is 4.79 Å². The Kier molecular flexibility index (Phi) is 5.52. The maximum Gasteiger partial charge on any atom is 0.222 e. The number of benzene rings is 2. The molecule has 1 unspecified atom stereocenters. The molecule has 0 bridgehead atoms. The molecule has 3 heteroatoms. The molecule has 0 radical (unpaired) electrons. The second kappa shape index (κ2) is 7.60. The zero-order chi connectivity index (χ0) is 15.1. The summed E-state index contributed by atoms with van der Waals surface area (Å²) in [5.74, 6) is -0.126. The van der Waals surface area contributed by atoms with Crippen molar-refractivity contribution in [3.05, 3.63) is 71.3 Å². The smallest absolute Gasteiger partial charge is 0.222 e. The largest absolute Gasteiger partial charge is 0.388 e. The van der Waals surface area contributed by atoms with Crippen LogP contribution in [0.25, 0.3) is 0 Å². The molecule has 21 heavy (non-hydrogen) atoms. The molecule has 0 heterocycles. The van der Waals surface area contributed by atoms with E-state index in [1.165, 1.54) is 11.1 Å². The number of amides is 1. The van der Waals surface area contributed by atoms with Crippen molar-refractivity contribution in [1.82, 2.24) is 5.32 Å². The van der Waals surface area contributed by atoms with Gasteiger partial charge in [0.25, 0.3) is 0 Å². The molecular formula is C18H21NO2. The molecule has 110 valence electrons. The van der Waals surface area contributed by atoms with E-state index in [0.717, 1.165) is 12.0 Å². The van der Waals surface area contributed by atoms with Gasteiger partial charge in [0.1, 0.15) is 0 Å². The third-order valence-corrected chi connectivity index (χ3v) is 3.38. The predicted octanol–water partition coefficient (Wildman–Crippen LogP) is 2.78. The first-order valence-corrected chi connectivity index (χ1v) is 7.20. The van der Waals surface area contributed by atoms with Crippen LogP contribution in [0.5, 0.6) is 0 Å². The van der Waals surface area contributed by atoms with Gasteiger partial charge in [-0.25, -0.2) is 0 Å². The molecule has 0 fully saturated rings. The van der Waals surface area contributed by atoms with Gasteiger partial charge in [-0.1, -0.05) is 60.2 Å². The summed E-state index contributed by atoms with van der Waals surface area (Å²) in [7, 11) is 0. The maximum atomic E-state index is 11.8. The van der Waals surface area contributed by atoms with Gasteiger partial charge in [-0.2, -0.15) is 0 Å². The summed E-state index contributed by atoms with van der Waals surface area (Å²) in [6.07, 6.45) is 0.150. The highest BCUT2D eigenvalue weighted by Gasteiger charge is 2.12. The van der Waals surface area contributed by atoms with E-state index in [4.69, 9.17) is 0 Å². The Bertz CT molecular complexity index is 581. The van der Waals surface area contributed by atoms with Crippen LogP contribution in [0.1, 0.15) is 29.2 Å². The number of carbonyl (C=O) groups is 1. The Labute approximate surface area is 125 Å². The summed E-state index contributed by atoms with van der Waals surface area (Å²) < 4.78 is 0. The fourth-order valence-corrected chi connectivity index (χ4v) is 2.25. The average molecular weight is 283 g/mol. The molecule has 1 amide bonds. The third kappa shape index (κ3) is 5.04. The topological polar surface area (TPSA) is 49.3 Å². The molecule has 2 aromatic rings. The van der Waals surface area contributed by atoms with Crippen molar-refractivity contribution in [1.29, 1.82) is 0 Å². The molecule has 0 spiro atoms. The second-order valence-electron chi connectivity index (χ2n) is 5.22. The van der Waals surface area contributed by atoms with Gasteiger partial charge < -0.3 is 10.4 Å². The van der Waals surface area contributed by atoms with Crippen LogP contribution >= 0.6 is 0 Å². The Morgan fingerprint density at radius 2 is 1.90 bits per heavy atom. The summed E-state index contributed by atoms with van der Waals surface area (Å²) >= 11 is 0. The molecule has 0 aliphatic carbocycles. The van der Waals surface area contributed by atoms with E-state index >= 15 is 0 Å². The lowest BCUT2D eigenvalue weighted by Gasteiger charge is -2.11. The molecule has 2 aromatic carbocycles. The summed E-state index contributed by atoms with van der Waals surface area (Å²) in [6, 6.07) is 17.5. The standard InChI is InChI=1S/C18H21NO2/c1-14-6-5-7-15(12-14)10-11-19-18(21)13-17(20)16-8-3-2-4-9-16/h2-9,12,17,20H,10-11,13H2,1H3,(H,19,21). The Balaban J connectivity index is 1.75. The van der Waals surface area contributed by atoms with E-state index < -0.39 is 6.10 Å². The molecule has 2 N–H and O–H groups in total. The van der Waals surface area contributed by atoms with Gasteiger partial charge in [0.15, 0.2) is 0 Å². The van der Waals surface area contributed by atoms with Gasteiger partial charge in [-0.05, 0) is 24.5 Å². The molecule has 0 aliphatic rings. The average Bonchev–Trinajstić information content (AvgIpc) is 2.48. The normalized spacial score (nSPS) is 11.9. The number of nitrogens with one attached hydrogen (secondary N) is 1. The van der Waals surface area contributed by atoms with Crippen molar-refractivity contribution in [2.24, 2.45) is 0 Å². The SMILES string of the molecule is Cc1cccc(CCNC(=O)CC(O)c2ccccc2)c1. The van der Waals surface area contributed by atoms with Crippen LogP contribution in [-0.4, -0.2) is 17.6 Å². The second-order valence-corrected chi connectivity index (χ2v) is 5.22. The summed E-state index contributed by atoms with van der Waals surface area (Å²) in [5, 5.41) is 12.8. The molecule has 0 saturated heterocycles. The quantitative estimate of drug-likeness (QED) is 0.856. The van der Waals surface area contributed by atoms with Gasteiger partial charge in [0.2, 0.25) is 5.91 Å². The van der Waals surface area contributed by atoms with E-state index in [2.05, 4.69) is 30.4 Å². The van der Waals surface area contributed by atoms with Crippen molar-refractivity contribution < 1.29 is 9.90 Å². The van der Waals surface area contributed by atoms with Crippen LogP contribution in [0.3, 0.4) is 0 Å². The van der Waals surface area contributed by atoms with Crippen molar-refractivity contribution >= 4 is 5.91 Å². The van der Waals surface area contributed by atoms with Crippen molar-refractivity contribution in [3.63, 3.8) is 0 Å². The van der Waals surface area contributed by atoms with Gasteiger partial charge in [0, 0.05) is 6.54 Å². The maximum absolute atomic E-state index is 11.8. The first kappa shape index (κ1) is 15.3. The Morgan fingerprint density at radius 1 is 1.14 bits per heavy atom. The van der Waals surface area contributed by atoms with Crippen LogP contribution in [0.2, 0.25) is 0 Å². The highest BCUT2D eigenvalue weighted by Crippen LogP contribution is 2.15. The van der Waals surface area contributed by atoms with Crippen LogP contribution < -0.4 is 5.32 Å². The third-order valence-electron chi connectivity index (χ3n) is 3.38. The van der Waals surface area contributed by atoms with Crippen LogP contribution in [0.15, 0.2) is 54.6 Å². The molecule has 3 nitrogen and oxygen atoms in total. The molecule has 1 atom stereocenters. The molecule has 2 rings (SSSR count). The zero-order valence-electron chi connectivity index (χ0n) is 12.3. The lowest BCUT2D eigenvalue weighted by molar-refractivity contribution is -0.123. The fraction of sp³-hybridized carbons (Fsp3) is 0.278. The van der Waals surface area contributed by atoms with E-state index in [1.54, 1.807) is 0 Å². The van der Waals surface area contributed by atoms with E-state index in [1.807, 2.05) is 36.4 Å². The summed E-state index contributed by atoms with van der Waals surface area (Å²) in [5.41, 5.74) is 3.20. The minimum absolute atomic E-state index is 0.0951. The number of rotatable bonds is 6. The van der Waals surface area contributed by atoms with Gasteiger partial charge >= 0.3 is 0 Å². The summed E-state index contributed by atoms with van der Waals surface area (Å²) in [4.78, 5) is 11.8. The molecule has 0 aromatic heterocycles. The zero-order valence-corrected chi connectivity index (χ0v) is 12.3. The highest BCUT2D eigenvalue weighted by atomic mass is 16.3. The summed E-state index contributed by atoms with van der Waals surface area (Å²) in [6.45, 7) is 2.64. The minimum atomic E-state index is -0.745. The van der Waals surface area contributed by atoms with E-state index in [9.17, 15) is 9.90 Å². The predicted molar refractivity (Wildman–Crippen MR) is 83.9 cm³/mol. The van der Waals surface area contributed by atoms with E-state index in [-0.39, 0.29) is 12.3 Å². The first-order valence-electron chi connectivity index (χ1n) is 7.20. The molecule has 0 saturated carbocycles. The number of hydrogen-bond donors (Lipinski definition) is 2. The number of aliphatic hydroxyl groups is 1. The van der Waals surface area contributed by atoms with Crippen LogP contribution in [0, 0.1) is 6.92 Å². The number of aliphatic hydroxyl groups excluding tert-OH is 1. The molecular weight excluding hydrogens is 262 g/mol. The highest BCUT2D eigenvalue weighted by molar-refractivity contribution is 5.76. The van der Waals surface area contributed by atoms with Crippen LogP contribution in [0.4, 0.5) is 0 Å². The van der Waals surface area contributed by atoms with Crippen molar-refractivity contribution in [2.75, 3.05) is 6.54 Å². The van der Waals surface area contributed by atoms with Crippen molar-refractivity contribution in [2.45, 2.75) is 25.9 Å². The Morgan fingerprint density at radius 3 is 2.62 bits per heavy atom. The first-order chi connectivity index (χ1) is 10.1. The fourth-order valence-electron chi connectivity index (χ4n) is 2.25. The van der Waals surface area contributed by atoms with E-state index in [0.29, 0.717) is 6.54 Å². The number of aryl methyl sites for hydroxylation is 1. The number of hydrogen-bond acceptors (Lipinski definition) is 2. The van der Waals surface area contributed by atoms with Crippen molar-refractivity contribution in [3.8, 4) is 0 Å².